The van der Waals surface area contributed by atoms with E-state index in [0.717, 1.165) is 11.1 Å². The summed E-state index contributed by atoms with van der Waals surface area (Å²) in [4.78, 5) is 21.1. The molecular weight excluding hydrogens is 274 g/mol. The fraction of sp³-hybridized carbons (Fsp3) is 0.133. The van der Waals surface area contributed by atoms with Crippen LogP contribution in [0.2, 0.25) is 0 Å². The Bertz CT molecular complexity index is 652. The van der Waals surface area contributed by atoms with Crippen molar-refractivity contribution in [3.05, 3.63) is 69.3 Å². The zero-order valence-electron chi connectivity index (χ0n) is 11.1. The van der Waals surface area contributed by atoms with Gasteiger partial charge in [0, 0.05) is 11.6 Å². The molecule has 0 aliphatic carbocycles. The molecule has 1 N–H and O–H groups in total. The molecule has 108 valence electrons. The van der Waals surface area contributed by atoms with Gasteiger partial charge >= 0.3 is 5.69 Å². The number of aliphatic hydroxyl groups excluding tert-OH is 1. The van der Waals surface area contributed by atoms with Gasteiger partial charge in [-0.05, 0) is 23.3 Å². The van der Waals surface area contributed by atoms with Gasteiger partial charge in [-0.25, -0.2) is 0 Å². The maximum atomic E-state index is 10.9. The monoisotopic (exact) mass is 287 g/mol. The van der Waals surface area contributed by atoms with Gasteiger partial charge in [-0.1, -0.05) is 24.3 Å². The number of hydrogen-bond donors (Lipinski definition) is 1. The van der Waals surface area contributed by atoms with Crippen molar-refractivity contribution in [1.82, 2.24) is 0 Å². The molecule has 0 saturated heterocycles. The number of aldehydes is 1. The van der Waals surface area contributed by atoms with Crippen molar-refractivity contribution in [1.29, 1.82) is 0 Å². The minimum atomic E-state index is -0.557. The minimum Gasteiger partial charge on any atom is -0.482 e. The molecule has 6 heteroatoms. The average molecular weight is 287 g/mol. The summed E-state index contributed by atoms with van der Waals surface area (Å²) in [5.41, 5.74) is 1.70. The van der Waals surface area contributed by atoms with Gasteiger partial charge < -0.3 is 9.84 Å². The van der Waals surface area contributed by atoms with Crippen LogP contribution in [-0.4, -0.2) is 16.3 Å². The van der Waals surface area contributed by atoms with E-state index in [-0.39, 0.29) is 24.7 Å². The van der Waals surface area contributed by atoms with Crippen molar-refractivity contribution in [2.24, 2.45) is 0 Å². The third-order valence-corrected chi connectivity index (χ3v) is 2.92. The highest BCUT2D eigenvalue weighted by atomic mass is 16.6. The zero-order chi connectivity index (χ0) is 15.2. The minimum absolute atomic E-state index is 0.0476. The molecule has 0 spiro atoms. The summed E-state index contributed by atoms with van der Waals surface area (Å²) >= 11 is 0. The SMILES string of the molecule is O=Cc1ccc([N+](=O)[O-])c(OCc2ccc(CO)cc2)c1. The van der Waals surface area contributed by atoms with E-state index in [2.05, 4.69) is 0 Å². The first-order chi connectivity index (χ1) is 10.1. The molecule has 2 aromatic carbocycles. The van der Waals surface area contributed by atoms with Gasteiger partial charge in [0.1, 0.15) is 12.9 Å². The fourth-order valence-corrected chi connectivity index (χ4v) is 1.77. The van der Waals surface area contributed by atoms with Crippen LogP contribution in [0.1, 0.15) is 21.5 Å². The second-order valence-corrected chi connectivity index (χ2v) is 4.37. The molecule has 0 saturated carbocycles. The Morgan fingerprint density at radius 1 is 1.14 bits per heavy atom. The van der Waals surface area contributed by atoms with Crippen LogP contribution in [0.3, 0.4) is 0 Å². The lowest BCUT2D eigenvalue weighted by atomic mass is 10.1. The lowest BCUT2D eigenvalue weighted by Crippen LogP contribution is -2.00. The van der Waals surface area contributed by atoms with Crippen LogP contribution in [0, 0.1) is 10.1 Å². The number of carbonyl (C=O) groups excluding carboxylic acids is 1. The quantitative estimate of drug-likeness (QED) is 0.501. The number of rotatable bonds is 6. The average Bonchev–Trinajstić information content (AvgIpc) is 2.52. The van der Waals surface area contributed by atoms with E-state index in [1.807, 2.05) is 0 Å². The Morgan fingerprint density at radius 3 is 2.38 bits per heavy atom. The Labute approximate surface area is 120 Å². The molecule has 0 fully saturated rings. The number of nitrogens with zero attached hydrogens (tertiary/aromatic N) is 1. The number of nitro benzene ring substituents is 1. The number of aliphatic hydroxyl groups is 1. The van der Waals surface area contributed by atoms with Crippen LogP contribution < -0.4 is 4.74 Å². The standard InChI is InChI=1S/C15H13NO5/c17-8-11-1-3-12(4-2-11)10-21-15-7-13(9-18)5-6-14(15)16(19)20/h1-7,9,17H,8,10H2. The van der Waals surface area contributed by atoms with Crippen molar-refractivity contribution >= 4 is 12.0 Å². The molecule has 0 amide bonds. The van der Waals surface area contributed by atoms with Crippen molar-refractivity contribution in [2.45, 2.75) is 13.2 Å². The van der Waals surface area contributed by atoms with E-state index in [0.29, 0.717) is 11.8 Å². The normalized spacial score (nSPS) is 10.1. The fourth-order valence-electron chi connectivity index (χ4n) is 1.77. The van der Waals surface area contributed by atoms with Crippen molar-refractivity contribution in [3.8, 4) is 5.75 Å². The summed E-state index contributed by atoms with van der Waals surface area (Å²) in [6.45, 7) is 0.0862. The van der Waals surface area contributed by atoms with Crippen LogP contribution >= 0.6 is 0 Å². The summed E-state index contributed by atoms with van der Waals surface area (Å²) in [6.07, 6.45) is 0.604. The van der Waals surface area contributed by atoms with E-state index in [4.69, 9.17) is 9.84 Å². The number of benzene rings is 2. The second-order valence-electron chi connectivity index (χ2n) is 4.37. The van der Waals surface area contributed by atoms with E-state index in [1.165, 1.54) is 18.2 Å². The van der Waals surface area contributed by atoms with Crippen LogP contribution in [0.4, 0.5) is 5.69 Å². The molecule has 0 unspecified atom stereocenters. The Morgan fingerprint density at radius 2 is 1.81 bits per heavy atom. The Kier molecular flexibility index (Phi) is 4.63. The highest BCUT2D eigenvalue weighted by Gasteiger charge is 2.15. The first-order valence-corrected chi connectivity index (χ1v) is 6.19. The summed E-state index contributed by atoms with van der Waals surface area (Å²) in [5.74, 6) is 0.0517. The first-order valence-electron chi connectivity index (χ1n) is 6.19. The largest absolute Gasteiger partial charge is 0.482 e. The second kappa shape index (κ2) is 6.62. The Balaban J connectivity index is 2.17. The van der Waals surface area contributed by atoms with Gasteiger partial charge in [0.2, 0.25) is 0 Å². The third kappa shape index (κ3) is 3.64. The molecule has 0 radical (unpaired) electrons. The van der Waals surface area contributed by atoms with Crippen LogP contribution in [0.25, 0.3) is 0 Å². The molecule has 0 heterocycles. The van der Waals surface area contributed by atoms with Crippen molar-refractivity contribution < 1.29 is 19.6 Å². The van der Waals surface area contributed by atoms with E-state index in [9.17, 15) is 14.9 Å². The molecule has 21 heavy (non-hydrogen) atoms. The van der Waals surface area contributed by atoms with Gasteiger partial charge in [-0.3, -0.25) is 14.9 Å². The summed E-state index contributed by atoms with van der Waals surface area (Å²) in [5, 5.41) is 19.9. The number of carbonyl (C=O) groups is 1. The van der Waals surface area contributed by atoms with Crippen LogP contribution in [-0.2, 0) is 13.2 Å². The molecule has 2 rings (SSSR count). The molecule has 2 aromatic rings. The van der Waals surface area contributed by atoms with Crippen molar-refractivity contribution in [3.63, 3.8) is 0 Å². The van der Waals surface area contributed by atoms with Gasteiger partial charge in [0.05, 0.1) is 11.5 Å². The molecular formula is C15H13NO5. The smallest absolute Gasteiger partial charge is 0.310 e. The van der Waals surface area contributed by atoms with Gasteiger partial charge in [0.15, 0.2) is 5.75 Å². The molecule has 0 aromatic heterocycles. The lowest BCUT2D eigenvalue weighted by Gasteiger charge is -2.08. The van der Waals surface area contributed by atoms with Crippen LogP contribution in [0.15, 0.2) is 42.5 Å². The number of nitro groups is 1. The number of hydrogen-bond acceptors (Lipinski definition) is 5. The van der Waals surface area contributed by atoms with E-state index < -0.39 is 4.92 Å². The molecule has 0 bridgehead atoms. The molecule has 0 atom stereocenters. The summed E-state index contributed by atoms with van der Waals surface area (Å²) in [7, 11) is 0. The predicted octanol–water partition coefficient (Wildman–Crippen LogP) is 2.48. The molecule has 6 nitrogen and oxygen atoms in total. The van der Waals surface area contributed by atoms with E-state index >= 15 is 0 Å². The molecule has 0 aliphatic rings. The zero-order valence-corrected chi connectivity index (χ0v) is 11.1. The van der Waals surface area contributed by atoms with Gasteiger partial charge in [0.25, 0.3) is 0 Å². The third-order valence-electron chi connectivity index (χ3n) is 2.92. The van der Waals surface area contributed by atoms with Crippen molar-refractivity contribution in [2.75, 3.05) is 0 Å². The maximum Gasteiger partial charge on any atom is 0.310 e. The predicted molar refractivity (Wildman–Crippen MR) is 75.2 cm³/mol. The van der Waals surface area contributed by atoms with Gasteiger partial charge in [-0.15, -0.1) is 0 Å². The topological polar surface area (TPSA) is 89.7 Å². The maximum absolute atomic E-state index is 10.9. The highest BCUT2D eigenvalue weighted by Crippen LogP contribution is 2.28. The lowest BCUT2D eigenvalue weighted by molar-refractivity contribution is -0.385. The number of ether oxygens (including phenoxy) is 1. The van der Waals surface area contributed by atoms with Crippen LogP contribution in [0.5, 0.6) is 5.75 Å². The molecule has 0 aliphatic heterocycles. The van der Waals surface area contributed by atoms with Gasteiger partial charge in [-0.2, -0.15) is 0 Å². The first kappa shape index (κ1) is 14.7. The highest BCUT2D eigenvalue weighted by molar-refractivity contribution is 5.76. The Hall–Kier alpha value is -2.73. The summed E-state index contributed by atoms with van der Waals surface area (Å²) < 4.78 is 5.44. The summed E-state index contributed by atoms with van der Waals surface area (Å²) in [6, 6.07) is 11.0. The van der Waals surface area contributed by atoms with E-state index in [1.54, 1.807) is 24.3 Å².